The molecule has 0 amide bonds. The van der Waals surface area contributed by atoms with E-state index < -0.39 is 0 Å². The van der Waals surface area contributed by atoms with E-state index >= 15 is 0 Å². The first-order chi connectivity index (χ1) is 9.04. The molecule has 19 heavy (non-hydrogen) atoms. The van der Waals surface area contributed by atoms with Gasteiger partial charge in [0, 0.05) is 6.04 Å². The van der Waals surface area contributed by atoms with Gasteiger partial charge in [0.1, 0.15) is 6.54 Å². The Morgan fingerprint density at radius 2 is 2.16 bits per heavy atom. The molecule has 2 rings (SSSR count). The highest BCUT2D eigenvalue weighted by molar-refractivity contribution is 9.11. The first-order valence-electron chi connectivity index (χ1n) is 6.68. The largest absolute Gasteiger partial charge is 0.360 e. The lowest BCUT2D eigenvalue weighted by Gasteiger charge is -2.34. The van der Waals surface area contributed by atoms with E-state index in [1.165, 1.54) is 8.66 Å². The van der Waals surface area contributed by atoms with E-state index in [1.54, 1.807) is 4.90 Å². The Hall–Kier alpha value is -0.170. The lowest BCUT2D eigenvalue weighted by Crippen LogP contribution is -3.13. The van der Waals surface area contributed by atoms with Crippen LogP contribution in [0.15, 0.2) is 15.9 Å². The topological polar surface area (TPSA) is 19.7 Å². The predicted octanol–water partition coefficient (Wildman–Crippen LogP) is 1.49. The van der Waals surface area contributed by atoms with Crippen molar-refractivity contribution in [3.05, 3.63) is 20.8 Å². The van der Waals surface area contributed by atoms with Gasteiger partial charge in [-0.15, -0.1) is 11.3 Å². The number of quaternary nitrogens is 1. The molecular formula is C13H21BrN3S2+. The maximum Gasteiger partial charge on any atom is 0.169 e. The number of thiophene rings is 1. The maximum absolute atomic E-state index is 5.42. The standard InChI is InChI=1S/C13H20BrN3S2/c1-10(2)15-13(18)17-7-5-16(6-8-17)9-11-3-4-12(14)19-11/h3-4,10H,5-9H2,1-2H3,(H,15,18)/p+1. The molecule has 0 aromatic carbocycles. The molecule has 1 aliphatic rings. The first kappa shape index (κ1) is 15.2. The molecule has 1 fully saturated rings. The van der Waals surface area contributed by atoms with Crippen molar-refractivity contribution in [3.8, 4) is 0 Å². The van der Waals surface area contributed by atoms with Crippen molar-refractivity contribution in [1.29, 1.82) is 0 Å². The fraction of sp³-hybridized carbons (Fsp3) is 0.615. The quantitative estimate of drug-likeness (QED) is 0.794. The van der Waals surface area contributed by atoms with Crippen LogP contribution in [0.25, 0.3) is 0 Å². The van der Waals surface area contributed by atoms with Crippen LogP contribution in [0, 0.1) is 0 Å². The molecule has 0 radical (unpaired) electrons. The molecule has 0 bridgehead atoms. The number of halogens is 1. The Morgan fingerprint density at radius 1 is 1.47 bits per heavy atom. The third kappa shape index (κ3) is 4.70. The molecule has 2 N–H and O–H groups in total. The zero-order chi connectivity index (χ0) is 13.8. The molecule has 0 aliphatic carbocycles. The molecular weight excluding hydrogens is 342 g/mol. The fourth-order valence-electron chi connectivity index (χ4n) is 2.23. The van der Waals surface area contributed by atoms with E-state index in [0.717, 1.165) is 37.8 Å². The van der Waals surface area contributed by atoms with Crippen LogP contribution in [0.2, 0.25) is 0 Å². The molecule has 1 aromatic heterocycles. The Balaban J connectivity index is 1.77. The summed E-state index contributed by atoms with van der Waals surface area (Å²) < 4.78 is 1.22. The second-order valence-electron chi connectivity index (χ2n) is 5.22. The van der Waals surface area contributed by atoms with Crippen molar-refractivity contribution in [3.63, 3.8) is 0 Å². The zero-order valence-corrected chi connectivity index (χ0v) is 14.6. The molecule has 2 heterocycles. The van der Waals surface area contributed by atoms with E-state index in [4.69, 9.17) is 12.2 Å². The van der Waals surface area contributed by atoms with Crippen LogP contribution in [0.3, 0.4) is 0 Å². The van der Waals surface area contributed by atoms with Crippen molar-refractivity contribution >= 4 is 44.6 Å². The van der Waals surface area contributed by atoms with Crippen LogP contribution in [0.4, 0.5) is 0 Å². The van der Waals surface area contributed by atoms with E-state index in [2.05, 4.69) is 52.1 Å². The van der Waals surface area contributed by atoms with Crippen LogP contribution in [0.1, 0.15) is 18.7 Å². The van der Waals surface area contributed by atoms with Crippen LogP contribution in [-0.4, -0.2) is 42.2 Å². The van der Waals surface area contributed by atoms with Crippen molar-refractivity contribution in [1.82, 2.24) is 10.2 Å². The molecule has 1 aliphatic heterocycles. The van der Waals surface area contributed by atoms with Gasteiger partial charge in [0.25, 0.3) is 0 Å². The minimum absolute atomic E-state index is 0.418. The van der Waals surface area contributed by atoms with Gasteiger partial charge >= 0.3 is 0 Å². The number of nitrogens with one attached hydrogen (secondary N) is 2. The highest BCUT2D eigenvalue weighted by Crippen LogP contribution is 2.21. The van der Waals surface area contributed by atoms with E-state index in [1.807, 2.05) is 11.3 Å². The molecule has 0 atom stereocenters. The van der Waals surface area contributed by atoms with Crippen molar-refractivity contribution in [2.24, 2.45) is 0 Å². The maximum atomic E-state index is 5.42. The summed E-state index contributed by atoms with van der Waals surface area (Å²) >= 11 is 10.8. The van der Waals surface area contributed by atoms with Crippen LogP contribution in [-0.2, 0) is 6.54 Å². The number of rotatable bonds is 3. The lowest BCUT2D eigenvalue weighted by atomic mass is 10.3. The Bertz CT molecular complexity index is 425. The summed E-state index contributed by atoms with van der Waals surface area (Å²) in [5.74, 6) is 0. The Morgan fingerprint density at radius 3 is 2.68 bits per heavy atom. The van der Waals surface area contributed by atoms with Crippen molar-refractivity contribution in [2.75, 3.05) is 26.2 Å². The van der Waals surface area contributed by atoms with Gasteiger partial charge < -0.3 is 15.1 Å². The van der Waals surface area contributed by atoms with Gasteiger partial charge in [-0.2, -0.15) is 0 Å². The van der Waals surface area contributed by atoms with Crippen LogP contribution < -0.4 is 10.2 Å². The molecule has 0 unspecified atom stereocenters. The summed E-state index contributed by atoms with van der Waals surface area (Å²) in [5.41, 5.74) is 0. The monoisotopic (exact) mass is 362 g/mol. The minimum atomic E-state index is 0.418. The van der Waals surface area contributed by atoms with E-state index in [-0.39, 0.29) is 0 Å². The molecule has 0 saturated carbocycles. The Labute approximate surface area is 133 Å². The third-order valence-corrected chi connectivity index (χ3v) is 5.22. The van der Waals surface area contributed by atoms with Gasteiger partial charge in [0.15, 0.2) is 5.11 Å². The van der Waals surface area contributed by atoms with E-state index in [0.29, 0.717) is 6.04 Å². The summed E-state index contributed by atoms with van der Waals surface area (Å²) in [6.07, 6.45) is 0. The first-order valence-corrected chi connectivity index (χ1v) is 8.69. The number of thiocarbonyl (C=S) groups is 1. The fourth-order valence-corrected chi connectivity index (χ4v) is 4.21. The van der Waals surface area contributed by atoms with Crippen LogP contribution in [0.5, 0.6) is 0 Å². The summed E-state index contributed by atoms with van der Waals surface area (Å²) in [4.78, 5) is 5.40. The normalized spacial score (nSPS) is 16.9. The predicted molar refractivity (Wildman–Crippen MR) is 88.9 cm³/mol. The van der Waals surface area contributed by atoms with Gasteiger partial charge in [0.2, 0.25) is 0 Å². The van der Waals surface area contributed by atoms with E-state index in [9.17, 15) is 0 Å². The number of nitrogens with zero attached hydrogens (tertiary/aromatic N) is 1. The average Bonchev–Trinajstić information content (AvgIpc) is 2.75. The van der Waals surface area contributed by atoms with Gasteiger partial charge in [-0.05, 0) is 54.1 Å². The second-order valence-corrected chi connectivity index (χ2v) is 8.16. The second kappa shape index (κ2) is 7.02. The SMILES string of the molecule is CC(C)NC(=S)N1CC[NH+](Cc2ccc(Br)s2)CC1. The average molecular weight is 363 g/mol. The number of hydrogen-bond acceptors (Lipinski definition) is 2. The molecule has 1 saturated heterocycles. The lowest BCUT2D eigenvalue weighted by molar-refractivity contribution is -0.917. The highest BCUT2D eigenvalue weighted by atomic mass is 79.9. The smallest absolute Gasteiger partial charge is 0.169 e. The summed E-state index contributed by atoms with van der Waals surface area (Å²) in [6, 6.07) is 4.78. The molecule has 6 heteroatoms. The molecule has 0 spiro atoms. The number of piperazine rings is 1. The van der Waals surface area contributed by atoms with Gasteiger partial charge in [0.05, 0.1) is 34.8 Å². The van der Waals surface area contributed by atoms with Crippen LogP contribution >= 0.6 is 39.5 Å². The van der Waals surface area contributed by atoms with Crippen molar-refractivity contribution < 1.29 is 4.90 Å². The molecule has 3 nitrogen and oxygen atoms in total. The summed E-state index contributed by atoms with van der Waals surface area (Å²) in [6.45, 7) is 9.82. The third-order valence-electron chi connectivity index (χ3n) is 3.22. The number of hydrogen-bond donors (Lipinski definition) is 2. The highest BCUT2D eigenvalue weighted by Gasteiger charge is 2.22. The summed E-state index contributed by atoms with van der Waals surface area (Å²) in [7, 11) is 0. The van der Waals surface area contributed by atoms with Gasteiger partial charge in [-0.3, -0.25) is 0 Å². The van der Waals surface area contributed by atoms with Gasteiger partial charge in [-0.25, -0.2) is 0 Å². The minimum Gasteiger partial charge on any atom is -0.360 e. The molecule has 106 valence electrons. The zero-order valence-electron chi connectivity index (χ0n) is 11.4. The van der Waals surface area contributed by atoms with Crippen molar-refractivity contribution in [2.45, 2.75) is 26.4 Å². The van der Waals surface area contributed by atoms with Gasteiger partial charge in [-0.1, -0.05) is 0 Å². The Kier molecular flexibility index (Phi) is 5.62. The summed E-state index contributed by atoms with van der Waals surface area (Å²) in [5, 5.41) is 4.23. The molecule has 1 aromatic rings.